The van der Waals surface area contributed by atoms with Gasteiger partial charge >= 0.3 is 0 Å². The number of primary amides is 1. The standard InChI is InChI=1S/C13H15N5OS/c14-12(19)7-3-15-4-13(7)5-17-11(13)9-10-8(1-2-16-9)18-6-20-10/h1-2,6-7,11,15,17H,3-5H2,(H2,14,19). The molecule has 4 heterocycles. The van der Waals surface area contributed by atoms with E-state index in [-0.39, 0.29) is 23.3 Å². The molecule has 7 heteroatoms. The van der Waals surface area contributed by atoms with Crippen LogP contribution in [0.5, 0.6) is 0 Å². The average Bonchev–Trinajstić information content (AvgIpc) is 3.05. The molecule has 20 heavy (non-hydrogen) atoms. The van der Waals surface area contributed by atoms with E-state index in [1.165, 1.54) is 0 Å². The zero-order valence-electron chi connectivity index (χ0n) is 10.8. The number of nitrogens with one attached hydrogen (secondary N) is 2. The smallest absolute Gasteiger partial charge is 0.222 e. The van der Waals surface area contributed by atoms with Gasteiger partial charge in [-0.25, -0.2) is 4.98 Å². The minimum absolute atomic E-state index is 0.0687. The summed E-state index contributed by atoms with van der Waals surface area (Å²) in [6.45, 7) is 2.26. The maximum atomic E-state index is 11.7. The molecule has 0 radical (unpaired) electrons. The highest BCUT2D eigenvalue weighted by Gasteiger charge is 2.58. The van der Waals surface area contributed by atoms with E-state index in [0.717, 1.165) is 29.0 Å². The largest absolute Gasteiger partial charge is 0.369 e. The highest BCUT2D eigenvalue weighted by atomic mass is 32.1. The van der Waals surface area contributed by atoms with Gasteiger partial charge in [-0.05, 0) is 6.07 Å². The number of nitrogens with zero attached hydrogens (tertiary/aromatic N) is 2. The molecule has 3 unspecified atom stereocenters. The Morgan fingerprint density at radius 2 is 2.35 bits per heavy atom. The highest BCUT2D eigenvalue weighted by molar-refractivity contribution is 7.16. The maximum absolute atomic E-state index is 11.7. The highest BCUT2D eigenvalue weighted by Crippen LogP contribution is 2.49. The van der Waals surface area contributed by atoms with Gasteiger partial charge in [0, 0.05) is 31.2 Å². The number of pyridine rings is 1. The number of carbonyl (C=O) groups is 1. The van der Waals surface area contributed by atoms with Crippen LogP contribution in [-0.2, 0) is 4.79 Å². The van der Waals surface area contributed by atoms with E-state index < -0.39 is 0 Å². The van der Waals surface area contributed by atoms with Crippen molar-refractivity contribution in [1.29, 1.82) is 0 Å². The second-order valence-electron chi connectivity index (χ2n) is 5.53. The number of rotatable bonds is 2. The summed E-state index contributed by atoms with van der Waals surface area (Å²) in [6.07, 6.45) is 1.78. The van der Waals surface area contributed by atoms with Crippen LogP contribution in [-0.4, -0.2) is 35.5 Å². The minimum Gasteiger partial charge on any atom is -0.369 e. The first-order valence-corrected chi connectivity index (χ1v) is 7.52. The van der Waals surface area contributed by atoms with Crippen LogP contribution in [0.4, 0.5) is 0 Å². The molecule has 104 valence electrons. The number of hydrogen-bond donors (Lipinski definition) is 3. The number of fused-ring (bicyclic) bond motifs is 1. The monoisotopic (exact) mass is 289 g/mol. The molecule has 4 rings (SSSR count). The van der Waals surface area contributed by atoms with Gasteiger partial charge in [-0.2, -0.15) is 0 Å². The first-order valence-electron chi connectivity index (χ1n) is 6.64. The molecule has 0 aliphatic carbocycles. The Hall–Kier alpha value is -1.57. The molecular formula is C13H15N5OS. The van der Waals surface area contributed by atoms with Crippen LogP contribution >= 0.6 is 11.3 Å². The first-order chi connectivity index (χ1) is 9.72. The van der Waals surface area contributed by atoms with Crippen molar-refractivity contribution < 1.29 is 4.79 Å². The molecule has 0 aromatic carbocycles. The van der Waals surface area contributed by atoms with Crippen molar-refractivity contribution in [1.82, 2.24) is 20.6 Å². The van der Waals surface area contributed by atoms with Gasteiger partial charge in [0.15, 0.2) is 0 Å². The summed E-state index contributed by atoms with van der Waals surface area (Å²) in [4.78, 5) is 20.6. The first kappa shape index (κ1) is 12.2. The third kappa shape index (κ3) is 1.48. The van der Waals surface area contributed by atoms with Crippen LogP contribution in [0.3, 0.4) is 0 Å². The Balaban J connectivity index is 1.79. The van der Waals surface area contributed by atoms with Crippen molar-refractivity contribution in [2.24, 2.45) is 17.1 Å². The molecular weight excluding hydrogens is 274 g/mol. The lowest BCUT2D eigenvalue weighted by Gasteiger charge is -2.50. The normalized spacial score (nSPS) is 32.6. The van der Waals surface area contributed by atoms with Gasteiger partial charge < -0.3 is 16.4 Å². The summed E-state index contributed by atoms with van der Waals surface area (Å²) in [7, 11) is 0. The Morgan fingerprint density at radius 3 is 3.10 bits per heavy atom. The van der Waals surface area contributed by atoms with Crippen molar-refractivity contribution in [2.75, 3.05) is 19.6 Å². The molecule has 4 N–H and O–H groups in total. The van der Waals surface area contributed by atoms with Crippen LogP contribution < -0.4 is 16.4 Å². The van der Waals surface area contributed by atoms with E-state index in [0.29, 0.717) is 6.54 Å². The Labute approximate surface area is 119 Å². The van der Waals surface area contributed by atoms with Crippen molar-refractivity contribution in [3.63, 3.8) is 0 Å². The SMILES string of the molecule is NC(=O)C1CNCC12CNC2c1nccc2ncsc12. The molecule has 3 atom stereocenters. The van der Waals surface area contributed by atoms with Gasteiger partial charge in [-0.1, -0.05) is 0 Å². The second-order valence-corrected chi connectivity index (χ2v) is 6.38. The summed E-state index contributed by atoms with van der Waals surface area (Å²) in [5.74, 6) is -0.364. The van der Waals surface area contributed by atoms with Gasteiger partial charge in [-0.3, -0.25) is 9.78 Å². The van der Waals surface area contributed by atoms with Gasteiger partial charge in [0.2, 0.25) is 5.91 Å². The van der Waals surface area contributed by atoms with E-state index in [2.05, 4.69) is 20.6 Å². The number of thiazole rings is 1. The second kappa shape index (κ2) is 4.21. The lowest BCUT2D eigenvalue weighted by Crippen LogP contribution is -2.62. The van der Waals surface area contributed by atoms with Crippen LogP contribution in [0.1, 0.15) is 11.7 Å². The predicted octanol–water partition coefficient (Wildman–Crippen LogP) is 0.0267. The molecule has 2 fully saturated rings. The third-order valence-corrected chi connectivity index (χ3v) is 5.46. The van der Waals surface area contributed by atoms with Crippen LogP contribution in [0.2, 0.25) is 0 Å². The van der Waals surface area contributed by atoms with Crippen molar-refractivity contribution >= 4 is 27.5 Å². The lowest BCUT2D eigenvalue weighted by atomic mass is 9.65. The maximum Gasteiger partial charge on any atom is 0.222 e. The van der Waals surface area contributed by atoms with E-state index in [4.69, 9.17) is 5.73 Å². The summed E-state index contributed by atoms with van der Waals surface area (Å²) >= 11 is 1.59. The van der Waals surface area contributed by atoms with Crippen LogP contribution in [0, 0.1) is 11.3 Å². The summed E-state index contributed by atoms with van der Waals surface area (Å²) in [5.41, 5.74) is 9.23. The van der Waals surface area contributed by atoms with E-state index >= 15 is 0 Å². The van der Waals surface area contributed by atoms with Crippen molar-refractivity contribution in [3.05, 3.63) is 23.5 Å². The molecule has 1 amide bonds. The van der Waals surface area contributed by atoms with Crippen LogP contribution in [0.25, 0.3) is 10.2 Å². The van der Waals surface area contributed by atoms with Crippen molar-refractivity contribution in [2.45, 2.75) is 6.04 Å². The molecule has 2 aromatic heterocycles. The fourth-order valence-corrected chi connectivity index (χ4v) is 4.31. The number of hydrogen-bond acceptors (Lipinski definition) is 6. The molecule has 0 bridgehead atoms. The Kier molecular flexibility index (Phi) is 2.57. The average molecular weight is 289 g/mol. The zero-order valence-corrected chi connectivity index (χ0v) is 11.6. The van der Waals surface area contributed by atoms with Crippen molar-refractivity contribution in [3.8, 4) is 0 Å². The van der Waals surface area contributed by atoms with Gasteiger partial charge in [-0.15, -0.1) is 11.3 Å². The quantitative estimate of drug-likeness (QED) is 0.725. The minimum atomic E-state index is -0.224. The summed E-state index contributed by atoms with van der Waals surface area (Å²) < 4.78 is 1.10. The molecule has 2 aromatic rings. The molecule has 6 nitrogen and oxygen atoms in total. The predicted molar refractivity (Wildman–Crippen MR) is 76.1 cm³/mol. The van der Waals surface area contributed by atoms with E-state index in [1.54, 1.807) is 17.5 Å². The fourth-order valence-electron chi connectivity index (χ4n) is 3.50. The summed E-state index contributed by atoms with van der Waals surface area (Å²) in [6, 6.07) is 1.98. The lowest BCUT2D eigenvalue weighted by molar-refractivity contribution is -0.127. The third-order valence-electron chi connectivity index (χ3n) is 4.60. The van der Waals surface area contributed by atoms with Gasteiger partial charge in [0.05, 0.1) is 33.4 Å². The fraction of sp³-hybridized carbons (Fsp3) is 0.462. The van der Waals surface area contributed by atoms with E-state index in [9.17, 15) is 4.79 Å². The topological polar surface area (TPSA) is 92.9 Å². The molecule has 2 aliphatic rings. The summed E-state index contributed by atoms with van der Waals surface area (Å²) in [5, 5.41) is 6.74. The van der Waals surface area contributed by atoms with E-state index in [1.807, 2.05) is 11.6 Å². The molecule has 0 saturated carbocycles. The van der Waals surface area contributed by atoms with Crippen LogP contribution in [0.15, 0.2) is 17.8 Å². The number of nitrogens with two attached hydrogens (primary N) is 1. The molecule has 2 aliphatic heterocycles. The number of amides is 1. The Morgan fingerprint density at radius 1 is 1.45 bits per heavy atom. The Bertz CT molecular complexity index is 686. The molecule has 1 spiro atoms. The van der Waals surface area contributed by atoms with Gasteiger partial charge in [0.1, 0.15) is 0 Å². The van der Waals surface area contributed by atoms with Gasteiger partial charge in [0.25, 0.3) is 0 Å². The number of aromatic nitrogens is 2. The molecule has 2 saturated heterocycles. The zero-order chi connectivity index (χ0) is 13.7. The number of carbonyl (C=O) groups excluding carboxylic acids is 1.